The summed E-state index contributed by atoms with van der Waals surface area (Å²) in [6, 6.07) is 15.9. The number of benzene rings is 2. The predicted molar refractivity (Wildman–Crippen MR) is 120 cm³/mol. The molecule has 0 radical (unpaired) electrons. The van der Waals surface area contributed by atoms with E-state index < -0.39 is 5.97 Å². The number of quaternary nitrogens is 1. The molecule has 0 fully saturated rings. The number of rotatable bonds is 9. The SMILES string of the molecule is CCCCCC[N+]1(CC(=O)O)C=NC(C(=O)NC2c3ccccc3-c3ccccc32)=C1. The van der Waals surface area contributed by atoms with E-state index in [1.165, 1.54) is 0 Å². The van der Waals surface area contributed by atoms with Gasteiger partial charge < -0.3 is 10.4 Å². The largest absolute Gasteiger partial charge is 0.477 e. The fourth-order valence-electron chi connectivity index (χ4n) is 4.49. The Morgan fingerprint density at radius 1 is 1.00 bits per heavy atom. The van der Waals surface area contributed by atoms with Crippen LogP contribution in [0.25, 0.3) is 11.1 Å². The number of fused-ring (bicyclic) bond motifs is 3. The second-order valence-corrected chi connectivity index (χ2v) is 8.28. The van der Waals surface area contributed by atoms with Gasteiger partial charge in [0.2, 0.25) is 0 Å². The zero-order chi connectivity index (χ0) is 21.8. The Labute approximate surface area is 182 Å². The zero-order valence-electron chi connectivity index (χ0n) is 17.8. The summed E-state index contributed by atoms with van der Waals surface area (Å²) in [6.45, 7) is 2.66. The Morgan fingerprint density at radius 2 is 1.65 bits per heavy atom. The van der Waals surface area contributed by atoms with Gasteiger partial charge in [0.25, 0.3) is 5.91 Å². The number of carbonyl (C=O) groups is 2. The van der Waals surface area contributed by atoms with E-state index in [1.54, 1.807) is 12.5 Å². The molecular formula is C25H28N3O3+. The van der Waals surface area contributed by atoms with Gasteiger partial charge in [-0.2, -0.15) is 4.99 Å². The molecule has 6 heteroatoms. The first-order valence-electron chi connectivity index (χ1n) is 10.9. The highest BCUT2D eigenvalue weighted by Crippen LogP contribution is 2.43. The molecule has 1 heterocycles. The Bertz CT molecular complexity index is 1010. The molecular weight excluding hydrogens is 390 g/mol. The highest BCUT2D eigenvalue weighted by molar-refractivity contribution is 5.96. The summed E-state index contributed by atoms with van der Waals surface area (Å²) in [4.78, 5) is 28.9. The Hall–Kier alpha value is -3.25. The van der Waals surface area contributed by atoms with Crippen LogP contribution < -0.4 is 5.32 Å². The number of carboxylic acid groups (broad SMARTS) is 1. The van der Waals surface area contributed by atoms with Crippen molar-refractivity contribution in [3.05, 3.63) is 71.6 Å². The minimum Gasteiger partial charge on any atom is -0.477 e. The van der Waals surface area contributed by atoms with Crippen LogP contribution in [0, 0.1) is 0 Å². The molecule has 1 amide bonds. The number of hydrogen-bond donors (Lipinski definition) is 2. The number of carbonyl (C=O) groups excluding carboxylic acids is 1. The van der Waals surface area contributed by atoms with Crippen molar-refractivity contribution in [2.75, 3.05) is 13.1 Å². The van der Waals surface area contributed by atoms with Gasteiger partial charge in [-0.15, -0.1) is 0 Å². The number of hydrogen-bond acceptors (Lipinski definition) is 3. The van der Waals surface area contributed by atoms with E-state index in [1.807, 2.05) is 36.4 Å². The van der Waals surface area contributed by atoms with E-state index in [0.29, 0.717) is 6.54 Å². The molecule has 2 aromatic carbocycles. The molecule has 0 saturated heterocycles. The molecule has 1 aliphatic carbocycles. The molecule has 1 atom stereocenters. The maximum atomic E-state index is 13.1. The fourth-order valence-corrected chi connectivity index (χ4v) is 4.49. The summed E-state index contributed by atoms with van der Waals surface area (Å²) in [5.74, 6) is -1.19. The zero-order valence-corrected chi connectivity index (χ0v) is 17.8. The Kier molecular flexibility index (Phi) is 6.00. The summed E-state index contributed by atoms with van der Waals surface area (Å²) in [5.41, 5.74) is 4.65. The van der Waals surface area contributed by atoms with Gasteiger partial charge >= 0.3 is 5.97 Å². The van der Waals surface area contributed by atoms with Crippen molar-refractivity contribution in [2.45, 2.75) is 38.6 Å². The molecule has 160 valence electrons. The third kappa shape index (κ3) is 4.30. The lowest BCUT2D eigenvalue weighted by atomic mass is 10.1. The van der Waals surface area contributed by atoms with Crippen LogP contribution in [-0.2, 0) is 9.59 Å². The van der Waals surface area contributed by atoms with Crippen LogP contribution in [0.2, 0.25) is 0 Å². The van der Waals surface area contributed by atoms with Gasteiger partial charge in [-0.1, -0.05) is 68.3 Å². The molecule has 0 bridgehead atoms. The van der Waals surface area contributed by atoms with Gasteiger partial charge in [0.15, 0.2) is 18.6 Å². The van der Waals surface area contributed by atoms with Gasteiger partial charge in [-0.05, 0) is 35.1 Å². The number of aliphatic imine (C=N–C) groups is 1. The molecule has 0 aromatic heterocycles. The number of unbranched alkanes of at least 4 members (excludes halogenated alkanes) is 3. The van der Waals surface area contributed by atoms with E-state index in [2.05, 4.69) is 29.4 Å². The van der Waals surface area contributed by atoms with Crippen LogP contribution in [0.5, 0.6) is 0 Å². The minimum atomic E-state index is -0.904. The first kappa shape index (κ1) is 21.0. The van der Waals surface area contributed by atoms with E-state index in [-0.39, 0.29) is 28.7 Å². The Balaban J connectivity index is 1.55. The molecule has 0 saturated carbocycles. The molecule has 1 unspecified atom stereocenters. The number of amides is 1. The highest BCUT2D eigenvalue weighted by atomic mass is 16.4. The van der Waals surface area contributed by atoms with Gasteiger partial charge in [0, 0.05) is 0 Å². The smallest absolute Gasteiger partial charge is 0.360 e. The molecule has 6 nitrogen and oxygen atoms in total. The fraction of sp³-hybridized carbons (Fsp3) is 0.320. The molecule has 1 aliphatic heterocycles. The van der Waals surface area contributed by atoms with Crippen molar-refractivity contribution in [3.8, 4) is 11.1 Å². The van der Waals surface area contributed by atoms with Gasteiger partial charge in [-0.25, -0.2) is 9.28 Å². The third-order valence-corrected chi connectivity index (χ3v) is 6.01. The maximum Gasteiger partial charge on any atom is 0.360 e. The lowest BCUT2D eigenvalue weighted by Gasteiger charge is -2.25. The van der Waals surface area contributed by atoms with E-state index in [0.717, 1.165) is 47.9 Å². The number of aliphatic carboxylic acids is 1. The van der Waals surface area contributed by atoms with Crippen LogP contribution >= 0.6 is 0 Å². The van der Waals surface area contributed by atoms with Gasteiger partial charge in [-0.3, -0.25) is 4.79 Å². The quantitative estimate of drug-likeness (QED) is 0.472. The molecule has 0 spiro atoms. The first-order valence-corrected chi connectivity index (χ1v) is 10.9. The van der Waals surface area contributed by atoms with Crippen LogP contribution in [-0.4, -0.2) is 40.9 Å². The molecule has 4 rings (SSSR count). The second kappa shape index (κ2) is 8.86. The van der Waals surface area contributed by atoms with E-state index in [9.17, 15) is 14.7 Å². The van der Waals surface area contributed by atoms with Crippen molar-refractivity contribution in [3.63, 3.8) is 0 Å². The average molecular weight is 419 g/mol. The van der Waals surface area contributed by atoms with Crippen LogP contribution in [0.4, 0.5) is 0 Å². The second-order valence-electron chi connectivity index (χ2n) is 8.28. The molecule has 31 heavy (non-hydrogen) atoms. The standard InChI is InChI=1S/C25H27N3O3/c1-2-3-4-9-14-28(16-23(29)30)15-22(26-17-28)25(31)27-24-20-12-7-5-10-18(20)19-11-6-8-13-21(19)24/h5-8,10-13,15,17,24H,2-4,9,14,16H2,1H3,(H-,27,29,30,31)/p+1. The molecule has 2 N–H and O–H groups in total. The number of nitrogens with zero attached hydrogens (tertiary/aromatic N) is 2. The van der Waals surface area contributed by atoms with E-state index in [4.69, 9.17) is 0 Å². The summed E-state index contributed by atoms with van der Waals surface area (Å²) in [7, 11) is 0. The average Bonchev–Trinajstić information content (AvgIpc) is 3.31. The summed E-state index contributed by atoms with van der Waals surface area (Å²) < 4.78 is 0.0830. The highest BCUT2D eigenvalue weighted by Gasteiger charge is 2.36. The van der Waals surface area contributed by atoms with Crippen molar-refractivity contribution >= 4 is 18.2 Å². The normalized spacial score (nSPS) is 19.1. The van der Waals surface area contributed by atoms with Crippen molar-refractivity contribution in [1.29, 1.82) is 0 Å². The van der Waals surface area contributed by atoms with Crippen molar-refractivity contribution in [2.24, 2.45) is 4.99 Å². The van der Waals surface area contributed by atoms with E-state index >= 15 is 0 Å². The number of nitrogens with one attached hydrogen (secondary N) is 1. The van der Waals surface area contributed by atoms with Crippen LogP contribution in [0.15, 0.2) is 65.4 Å². The Morgan fingerprint density at radius 3 is 2.26 bits per heavy atom. The maximum absolute atomic E-state index is 13.1. The lowest BCUT2D eigenvalue weighted by molar-refractivity contribution is -0.771. The van der Waals surface area contributed by atoms with Crippen molar-refractivity contribution < 1.29 is 19.2 Å². The lowest BCUT2D eigenvalue weighted by Crippen LogP contribution is -2.45. The predicted octanol–water partition coefficient (Wildman–Crippen LogP) is 4.24. The third-order valence-electron chi connectivity index (χ3n) is 6.01. The molecule has 2 aliphatic rings. The topological polar surface area (TPSA) is 78.8 Å². The molecule has 2 aromatic rings. The van der Waals surface area contributed by atoms with Crippen molar-refractivity contribution in [1.82, 2.24) is 5.32 Å². The monoisotopic (exact) mass is 418 g/mol. The van der Waals surface area contributed by atoms with Crippen LogP contribution in [0.3, 0.4) is 0 Å². The number of carboxylic acids is 1. The summed E-state index contributed by atoms with van der Waals surface area (Å²) >= 11 is 0. The minimum absolute atomic E-state index is 0.0830. The summed E-state index contributed by atoms with van der Waals surface area (Å²) in [6.07, 6.45) is 7.45. The summed E-state index contributed by atoms with van der Waals surface area (Å²) in [5, 5.41) is 12.5. The van der Waals surface area contributed by atoms with Gasteiger partial charge in [0.1, 0.15) is 6.20 Å². The first-order chi connectivity index (χ1) is 15.0. The van der Waals surface area contributed by atoms with Gasteiger partial charge in [0.05, 0.1) is 12.6 Å². The van der Waals surface area contributed by atoms with Crippen LogP contribution in [0.1, 0.15) is 49.8 Å².